The molecule has 4 aromatic carbocycles. The highest BCUT2D eigenvalue weighted by molar-refractivity contribution is 9.11. The van der Waals surface area contributed by atoms with E-state index in [0.717, 1.165) is 92.8 Å². The van der Waals surface area contributed by atoms with Crippen LogP contribution in [-0.2, 0) is 68.0 Å². The van der Waals surface area contributed by atoms with E-state index in [9.17, 15) is 48.1 Å². The molecule has 0 unspecified atom stereocenters. The lowest BCUT2D eigenvalue weighted by molar-refractivity contribution is -0.117. The minimum atomic E-state index is -3.72. The molecule has 19 nitrogen and oxygen atoms in total. The van der Waals surface area contributed by atoms with Crippen LogP contribution in [0.25, 0.3) is 33.4 Å². The Labute approximate surface area is 605 Å². The Kier molecular flexibility index (Phi) is 30.0. The number of benzene rings is 4. The second-order valence-corrected chi connectivity index (χ2v) is 35.5. The largest absolute Gasteiger partial charge is 0.496 e. The number of Topliss-reactive ketones (excluding diaryl/α,β-unsaturated/α-hetero) is 1. The Bertz CT molecular complexity index is 4560. The summed E-state index contributed by atoms with van der Waals surface area (Å²) >= 11 is 14.4. The lowest BCUT2D eigenvalue weighted by Gasteiger charge is -2.32. The molecule has 0 radical (unpaired) electrons. The summed E-state index contributed by atoms with van der Waals surface area (Å²) in [6, 6.07) is 31.1. The van der Waals surface area contributed by atoms with Crippen LogP contribution >= 0.6 is 70.1 Å². The van der Waals surface area contributed by atoms with Crippen LogP contribution < -0.4 is 15.3 Å². The molecule has 9 rings (SSSR count). The molecular weight excluding hydrogens is 1560 g/mol. The zero-order chi connectivity index (χ0) is 73.6. The summed E-state index contributed by atoms with van der Waals surface area (Å²) in [5.74, 6) is -1.07. The molecule has 5 heterocycles. The lowest BCUT2D eigenvalue weighted by Crippen LogP contribution is -2.41. The van der Waals surface area contributed by atoms with Crippen molar-refractivity contribution < 1.29 is 57.4 Å². The van der Waals surface area contributed by atoms with Gasteiger partial charge in [-0.15, -0.1) is 0 Å². The molecule has 1 amide bonds. The van der Waals surface area contributed by atoms with Crippen molar-refractivity contribution in [3.63, 3.8) is 0 Å². The van der Waals surface area contributed by atoms with Crippen LogP contribution in [0, 0.1) is 27.7 Å². The maximum absolute atomic E-state index is 12.4. The molecule has 29 heteroatoms. The first-order valence-electron chi connectivity index (χ1n) is 29.5. The van der Waals surface area contributed by atoms with E-state index in [0.29, 0.717) is 5.92 Å². The molecule has 3 N–H and O–H groups in total. The summed E-state index contributed by atoms with van der Waals surface area (Å²) in [6.45, 7) is 29.9. The van der Waals surface area contributed by atoms with Gasteiger partial charge < -0.3 is 9.31 Å². The summed E-state index contributed by atoms with van der Waals surface area (Å²) in [6.07, 6.45) is 10.9. The van der Waals surface area contributed by atoms with Gasteiger partial charge in [-0.2, -0.15) is 0 Å². The average molecular weight is 1640 g/mol. The average Bonchev–Trinajstić information content (AvgIpc) is 1.66. The molecule has 97 heavy (non-hydrogen) atoms. The fourth-order valence-electron chi connectivity index (χ4n) is 8.53. The van der Waals surface area contributed by atoms with Crippen LogP contribution in [0.2, 0.25) is 0 Å². The van der Waals surface area contributed by atoms with Gasteiger partial charge >= 0.3 is 7.12 Å². The molecule has 520 valence electrons. The van der Waals surface area contributed by atoms with Gasteiger partial charge in [0.2, 0.25) is 21.2 Å². The van der Waals surface area contributed by atoms with Gasteiger partial charge in [-0.25, -0.2) is 43.5 Å². The van der Waals surface area contributed by atoms with E-state index in [1.54, 1.807) is 63.4 Å². The van der Waals surface area contributed by atoms with Crippen LogP contribution in [-0.4, -0.2) is 94.6 Å². The third-order valence-electron chi connectivity index (χ3n) is 14.4. The highest BCUT2D eigenvalue weighted by Crippen LogP contribution is 2.37. The van der Waals surface area contributed by atoms with E-state index in [4.69, 9.17) is 25.1 Å². The van der Waals surface area contributed by atoms with Crippen LogP contribution in [0.3, 0.4) is 0 Å². The number of sulfone groups is 1. The molecule has 1 aliphatic heterocycles. The van der Waals surface area contributed by atoms with Gasteiger partial charge in [0.15, 0.2) is 9.84 Å². The Morgan fingerprint density at radius 2 is 1.01 bits per heavy atom. The molecule has 1 saturated heterocycles. The quantitative estimate of drug-likeness (QED) is 0.0848. The third-order valence-corrected chi connectivity index (χ3v) is 22.6. The van der Waals surface area contributed by atoms with Crippen molar-refractivity contribution in [3.8, 4) is 33.4 Å². The first-order valence-corrected chi connectivity index (χ1v) is 39.3. The molecule has 8 aromatic rings. The second kappa shape index (κ2) is 34.9. The fourth-order valence-corrected chi connectivity index (χ4v) is 13.1. The Hall–Kier alpha value is -5.95. The topological polar surface area (TPSA) is 296 Å². The minimum Gasteiger partial charge on any atom is -0.399 e. The number of aromatic nitrogens is 4. The number of sulfonamides is 2. The predicted octanol–water partition coefficient (Wildman–Crippen LogP) is 14.8. The summed E-state index contributed by atoms with van der Waals surface area (Å²) in [5, 5.41) is 4.57. The fraction of sp³-hybridized carbons (Fsp3) is 0.309. The van der Waals surface area contributed by atoms with Crippen molar-refractivity contribution in [3.05, 3.63) is 193 Å². The number of hydrogen-bond acceptors (Lipinski definition) is 17. The summed E-state index contributed by atoms with van der Waals surface area (Å²) < 4.78 is 108. The first kappa shape index (κ1) is 83.5. The number of carbonyl (C=O) groups excluding carboxylic acids is 3. The molecule has 0 aliphatic carbocycles. The molecule has 1 fully saturated rings. The zero-order valence-corrected chi connectivity index (χ0v) is 66.0. The second-order valence-electron chi connectivity index (χ2n) is 24.6. The number of primary sulfonamides is 1. The Morgan fingerprint density at radius 3 is 1.47 bits per heavy atom. The van der Waals surface area contributed by atoms with E-state index in [-0.39, 0.29) is 47.2 Å². The van der Waals surface area contributed by atoms with E-state index in [1.165, 1.54) is 50.2 Å². The van der Waals surface area contributed by atoms with Crippen molar-refractivity contribution >= 4 is 139 Å². The van der Waals surface area contributed by atoms with Gasteiger partial charge in [-0.1, -0.05) is 94.5 Å². The van der Waals surface area contributed by atoms with Crippen molar-refractivity contribution in [2.75, 3.05) is 5.75 Å². The van der Waals surface area contributed by atoms with E-state index < -0.39 is 57.7 Å². The summed E-state index contributed by atoms with van der Waals surface area (Å²) in [7, 11) is -9.75. The number of carbonyl (C=O) groups is 3. The van der Waals surface area contributed by atoms with Crippen molar-refractivity contribution in [1.82, 2.24) is 24.7 Å². The van der Waals surface area contributed by atoms with Crippen LogP contribution in [0.1, 0.15) is 123 Å². The maximum Gasteiger partial charge on any atom is 0.496 e. The van der Waals surface area contributed by atoms with Crippen molar-refractivity contribution in [2.24, 2.45) is 5.14 Å². The molecule has 1 aliphatic rings. The first-order chi connectivity index (χ1) is 44.5. The normalized spacial score (nSPS) is 13.3. The molecule has 4 aromatic heterocycles. The van der Waals surface area contributed by atoms with Crippen LogP contribution in [0.4, 0.5) is 0 Å². The molecule has 0 atom stereocenters. The maximum atomic E-state index is 12.4. The number of nitrogens with one attached hydrogen (secondary N) is 1. The summed E-state index contributed by atoms with van der Waals surface area (Å²) in [4.78, 5) is 49.4. The standard InChI is InChI=1S/C24H26N2O3S.C19H25BN2O2.C9H10BrNO3S.C7H6BrClO2S.C7H8BrNO2S.C2H3ClO/c1-16-10-21(30(28,29)15-17(2)27)6-7-22(16)20-11-19(13-25-14-20)18-8-9-26-23(12-18)24(3,4)5;1-13(2)17-10-14(7-8-22-17)15-9-16(12-21-11-15)20-23-18(3,4)19(5,6)24-20;1-6-5-8(3-4-9(6)10)15(13,14)11-7(2)12;2*1-5-4-6(12(9,10)11)2-3-7(5)8;1-2(3)4/h6-14H,15H2,1-5H3;7-13H,1-6H3;3-5H,1-2H3,(H,11,12);2-4H,1H3;2-4H,1H3,(H2,9,10,11);1H3. The lowest BCUT2D eigenvalue weighted by atomic mass is 9.79. The van der Waals surface area contributed by atoms with E-state index in [2.05, 4.69) is 160 Å². The van der Waals surface area contributed by atoms with Gasteiger partial charge in [0.1, 0.15) is 11.5 Å². The van der Waals surface area contributed by atoms with Crippen LogP contribution in [0.5, 0.6) is 0 Å². The molecule has 0 bridgehead atoms. The van der Waals surface area contributed by atoms with Gasteiger partial charge in [0, 0.05) is 109 Å². The number of halogens is 5. The van der Waals surface area contributed by atoms with E-state index in [1.807, 2.05) is 60.8 Å². The SMILES string of the molecule is CC(=O)CS(=O)(=O)c1ccc(-c2cncc(-c3ccnc(C(C)(C)C)c3)c2)c(C)c1.CC(=O)Cl.CC(=O)NS(=O)(=O)c1ccc(Br)c(C)c1.CC(C)c1cc(-c2cncc(B3OC(C)(C)C(C)(C)O3)c2)ccn1.Cc1cc(S(=O)(=O)Cl)ccc1Br.Cc1cc(S(N)(=O)=O)ccc1Br. The number of pyridine rings is 4. The minimum absolute atomic E-state index is 0.0567. The number of nitrogens with two attached hydrogens (primary N) is 1. The highest BCUT2D eigenvalue weighted by Gasteiger charge is 2.52. The Balaban J connectivity index is 0.000000266. The number of hydrogen-bond donors (Lipinski definition) is 2. The Morgan fingerprint density at radius 1 is 0.577 bits per heavy atom. The van der Waals surface area contributed by atoms with Gasteiger partial charge in [-0.3, -0.25) is 34.3 Å². The van der Waals surface area contributed by atoms with E-state index >= 15 is 0 Å². The number of rotatable bonds is 12. The number of nitrogens with zero attached hydrogens (tertiary/aromatic N) is 4. The number of aryl methyl sites for hydroxylation is 4. The third kappa shape index (κ3) is 25.6. The zero-order valence-electron chi connectivity index (χ0n) is 56.4. The van der Waals surface area contributed by atoms with Gasteiger partial charge in [0.05, 0.1) is 30.8 Å². The monoisotopic (exact) mass is 1630 g/mol. The number of ketones is 1. The highest BCUT2D eigenvalue weighted by atomic mass is 79.9. The predicted molar refractivity (Wildman–Crippen MR) is 395 cm³/mol. The molecule has 0 saturated carbocycles. The van der Waals surface area contributed by atoms with Crippen molar-refractivity contribution in [1.29, 1.82) is 0 Å². The number of amides is 1. The van der Waals surface area contributed by atoms with Crippen LogP contribution in [0.15, 0.2) is 179 Å². The summed E-state index contributed by atoms with van der Waals surface area (Å²) in [5.41, 5.74) is 11.5. The van der Waals surface area contributed by atoms with Gasteiger partial charge in [-0.05, 0) is 221 Å². The molecule has 0 spiro atoms. The smallest absolute Gasteiger partial charge is 0.399 e. The van der Waals surface area contributed by atoms with Gasteiger partial charge in [0.25, 0.3) is 19.1 Å². The van der Waals surface area contributed by atoms with Crippen molar-refractivity contribution in [2.45, 2.75) is 153 Å². The molecular formula is C68H78BBr3Cl2N6O13S4.